The van der Waals surface area contributed by atoms with E-state index in [9.17, 15) is 4.79 Å². The monoisotopic (exact) mass is 418 g/mol. The SMILES string of the molecule is Cc1nc2nc(N3CCC(C(=O)N4CCOCC4)C3)ccc2c(C)c1Br. The molecule has 2 aliphatic heterocycles. The zero-order valence-corrected chi connectivity index (χ0v) is 16.8. The summed E-state index contributed by atoms with van der Waals surface area (Å²) in [6.07, 6.45) is 0.877. The number of morpholine rings is 1. The maximum Gasteiger partial charge on any atom is 0.227 e. The third kappa shape index (κ3) is 3.18. The molecule has 2 aliphatic rings. The Morgan fingerprint density at radius 3 is 2.73 bits per heavy atom. The van der Waals surface area contributed by atoms with Crippen molar-refractivity contribution < 1.29 is 9.53 Å². The van der Waals surface area contributed by atoms with Gasteiger partial charge in [-0.15, -0.1) is 0 Å². The normalized spacial score (nSPS) is 20.8. The van der Waals surface area contributed by atoms with Crippen molar-refractivity contribution in [2.45, 2.75) is 20.3 Å². The van der Waals surface area contributed by atoms with Gasteiger partial charge in [0.1, 0.15) is 5.82 Å². The van der Waals surface area contributed by atoms with E-state index in [1.807, 2.05) is 17.9 Å². The summed E-state index contributed by atoms with van der Waals surface area (Å²) < 4.78 is 6.39. The molecule has 0 bridgehead atoms. The Balaban J connectivity index is 1.53. The molecule has 0 aromatic carbocycles. The molecule has 0 N–H and O–H groups in total. The van der Waals surface area contributed by atoms with Crippen LogP contribution in [0, 0.1) is 19.8 Å². The number of ether oxygens (including phenoxy) is 1. The molecule has 7 heteroatoms. The molecule has 2 aromatic heterocycles. The Bertz CT molecular complexity index is 851. The van der Waals surface area contributed by atoms with Gasteiger partial charge in [-0.05, 0) is 53.9 Å². The van der Waals surface area contributed by atoms with Gasteiger partial charge in [0.15, 0.2) is 5.65 Å². The number of nitrogens with zero attached hydrogens (tertiary/aromatic N) is 4. The van der Waals surface area contributed by atoms with Gasteiger partial charge >= 0.3 is 0 Å². The van der Waals surface area contributed by atoms with E-state index in [4.69, 9.17) is 9.72 Å². The van der Waals surface area contributed by atoms with Crippen molar-refractivity contribution >= 4 is 38.7 Å². The number of hydrogen-bond acceptors (Lipinski definition) is 5. The first kappa shape index (κ1) is 17.7. The number of aryl methyl sites for hydroxylation is 2. The standard InChI is InChI=1S/C19H23BrN4O2/c1-12-15-3-4-16(22-18(15)21-13(2)17(12)20)24-6-5-14(11-24)19(25)23-7-9-26-10-8-23/h3-4,14H,5-11H2,1-2H3. The zero-order valence-electron chi connectivity index (χ0n) is 15.2. The minimum atomic E-state index is 0.0481. The largest absolute Gasteiger partial charge is 0.378 e. The molecule has 1 amide bonds. The highest BCUT2D eigenvalue weighted by Gasteiger charge is 2.32. The number of hydrogen-bond donors (Lipinski definition) is 0. The van der Waals surface area contributed by atoms with E-state index in [2.05, 4.69) is 38.8 Å². The average Bonchev–Trinajstić information content (AvgIpc) is 3.16. The molecule has 2 saturated heterocycles. The second-order valence-electron chi connectivity index (χ2n) is 7.05. The summed E-state index contributed by atoms with van der Waals surface area (Å²) in [5.41, 5.74) is 2.87. The van der Waals surface area contributed by atoms with Crippen molar-refractivity contribution in [3.05, 3.63) is 27.9 Å². The van der Waals surface area contributed by atoms with Crippen LogP contribution in [0.25, 0.3) is 11.0 Å². The van der Waals surface area contributed by atoms with Crippen molar-refractivity contribution in [3.63, 3.8) is 0 Å². The van der Waals surface area contributed by atoms with Gasteiger partial charge < -0.3 is 14.5 Å². The number of carbonyl (C=O) groups is 1. The summed E-state index contributed by atoms with van der Waals surface area (Å²) in [6, 6.07) is 4.13. The third-order valence-electron chi connectivity index (χ3n) is 5.37. The van der Waals surface area contributed by atoms with Crippen molar-refractivity contribution in [2.75, 3.05) is 44.3 Å². The van der Waals surface area contributed by atoms with Gasteiger partial charge in [-0.3, -0.25) is 4.79 Å². The molecular formula is C19H23BrN4O2. The molecule has 26 heavy (non-hydrogen) atoms. The number of amides is 1. The Hall–Kier alpha value is -1.73. The molecule has 138 valence electrons. The number of pyridine rings is 2. The summed E-state index contributed by atoms with van der Waals surface area (Å²) in [5.74, 6) is 1.21. The summed E-state index contributed by atoms with van der Waals surface area (Å²) in [7, 11) is 0. The highest BCUT2D eigenvalue weighted by Crippen LogP contribution is 2.29. The van der Waals surface area contributed by atoms with Crippen LogP contribution in [0.2, 0.25) is 0 Å². The first-order valence-corrected chi connectivity index (χ1v) is 9.89. The minimum Gasteiger partial charge on any atom is -0.378 e. The molecule has 4 rings (SSSR count). The number of halogens is 1. The number of carbonyl (C=O) groups excluding carboxylic acids is 1. The van der Waals surface area contributed by atoms with Gasteiger partial charge in [-0.2, -0.15) is 0 Å². The van der Waals surface area contributed by atoms with Gasteiger partial charge in [-0.25, -0.2) is 9.97 Å². The number of aromatic nitrogens is 2. The van der Waals surface area contributed by atoms with Crippen LogP contribution in [-0.4, -0.2) is 60.2 Å². The fraction of sp³-hybridized carbons (Fsp3) is 0.526. The fourth-order valence-corrected chi connectivity index (χ4v) is 4.10. The number of anilines is 1. The maximum atomic E-state index is 12.7. The molecular weight excluding hydrogens is 396 g/mol. The van der Waals surface area contributed by atoms with E-state index in [0.717, 1.165) is 52.1 Å². The van der Waals surface area contributed by atoms with E-state index in [-0.39, 0.29) is 11.8 Å². The van der Waals surface area contributed by atoms with Crippen molar-refractivity contribution in [2.24, 2.45) is 5.92 Å². The molecule has 0 aliphatic carbocycles. The van der Waals surface area contributed by atoms with Crippen LogP contribution in [0.3, 0.4) is 0 Å². The Kier molecular flexibility index (Phi) is 4.84. The van der Waals surface area contributed by atoms with Crippen LogP contribution in [0.15, 0.2) is 16.6 Å². The Morgan fingerprint density at radius 1 is 1.19 bits per heavy atom. The molecule has 0 spiro atoms. The van der Waals surface area contributed by atoms with Crippen LogP contribution in [0.4, 0.5) is 5.82 Å². The lowest BCUT2D eigenvalue weighted by molar-refractivity contribution is -0.138. The predicted octanol–water partition coefficient (Wildman–Crippen LogP) is 2.69. The molecule has 4 heterocycles. The van der Waals surface area contributed by atoms with Crippen LogP contribution in [0.1, 0.15) is 17.7 Å². The van der Waals surface area contributed by atoms with Crippen LogP contribution in [0.5, 0.6) is 0 Å². The molecule has 1 unspecified atom stereocenters. The maximum absolute atomic E-state index is 12.7. The lowest BCUT2D eigenvalue weighted by atomic mass is 10.1. The van der Waals surface area contributed by atoms with E-state index >= 15 is 0 Å². The van der Waals surface area contributed by atoms with Crippen molar-refractivity contribution in [3.8, 4) is 0 Å². The molecule has 2 aromatic rings. The molecule has 0 saturated carbocycles. The van der Waals surface area contributed by atoms with Gasteiger partial charge in [0.2, 0.25) is 5.91 Å². The van der Waals surface area contributed by atoms with Gasteiger partial charge in [0.05, 0.1) is 24.8 Å². The minimum absolute atomic E-state index is 0.0481. The second kappa shape index (κ2) is 7.12. The van der Waals surface area contributed by atoms with Gasteiger partial charge in [-0.1, -0.05) is 0 Å². The molecule has 0 radical (unpaired) electrons. The summed E-state index contributed by atoms with van der Waals surface area (Å²) in [6.45, 7) is 8.36. The second-order valence-corrected chi connectivity index (χ2v) is 7.84. The third-order valence-corrected chi connectivity index (χ3v) is 6.54. The molecule has 1 atom stereocenters. The summed E-state index contributed by atoms with van der Waals surface area (Å²) in [5, 5.41) is 1.06. The van der Waals surface area contributed by atoms with Crippen LogP contribution < -0.4 is 4.90 Å². The first-order valence-electron chi connectivity index (χ1n) is 9.09. The predicted molar refractivity (Wildman–Crippen MR) is 104 cm³/mol. The van der Waals surface area contributed by atoms with E-state index in [1.54, 1.807) is 0 Å². The summed E-state index contributed by atoms with van der Waals surface area (Å²) in [4.78, 5) is 26.3. The van der Waals surface area contributed by atoms with E-state index < -0.39 is 0 Å². The smallest absolute Gasteiger partial charge is 0.227 e. The molecule has 6 nitrogen and oxygen atoms in total. The van der Waals surface area contributed by atoms with Crippen molar-refractivity contribution in [1.29, 1.82) is 0 Å². The topological polar surface area (TPSA) is 58.6 Å². The highest BCUT2D eigenvalue weighted by atomic mass is 79.9. The van der Waals surface area contributed by atoms with Gasteiger partial charge in [0.25, 0.3) is 0 Å². The van der Waals surface area contributed by atoms with E-state index in [0.29, 0.717) is 26.3 Å². The fourth-order valence-electron chi connectivity index (χ4n) is 3.80. The lowest BCUT2D eigenvalue weighted by Gasteiger charge is -2.29. The Labute approximate surface area is 161 Å². The van der Waals surface area contributed by atoms with E-state index in [1.165, 1.54) is 0 Å². The Morgan fingerprint density at radius 2 is 1.96 bits per heavy atom. The number of rotatable bonds is 2. The molecule has 2 fully saturated rings. The average molecular weight is 419 g/mol. The van der Waals surface area contributed by atoms with Crippen LogP contribution in [-0.2, 0) is 9.53 Å². The summed E-state index contributed by atoms with van der Waals surface area (Å²) >= 11 is 3.59. The highest BCUT2D eigenvalue weighted by molar-refractivity contribution is 9.10. The zero-order chi connectivity index (χ0) is 18.3. The first-order chi connectivity index (χ1) is 12.5. The quantitative estimate of drug-likeness (QED) is 0.750. The van der Waals surface area contributed by atoms with Gasteiger partial charge in [0, 0.05) is 36.0 Å². The lowest BCUT2D eigenvalue weighted by Crippen LogP contribution is -2.44. The number of fused-ring (bicyclic) bond motifs is 1. The van der Waals surface area contributed by atoms with Crippen molar-refractivity contribution in [1.82, 2.24) is 14.9 Å². The van der Waals surface area contributed by atoms with Crippen LogP contribution >= 0.6 is 15.9 Å².